The Hall–Kier alpha value is -3.94. The van der Waals surface area contributed by atoms with Gasteiger partial charge in [0.25, 0.3) is 5.91 Å². The number of sulfonamides is 1. The van der Waals surface area contributed by atoms with Gasteiger partial charge in [0.05, 0.1) is 11.8 Å². The zero-order valence-electron chi connectivity index (χ0n) is 30.7. The molecule has 3 saturated carbocycles. The van der Waals surface area contributed by atoms with Crippen molar-refractivity contribution in [1.82, 2.24) is 20.3 Å². The smallest absolute Gasteiger partial charge is 0.408 e. The Balaban J connectivity index is 1.31. The molecule has 14 heteroatoms. The Morgan fingerprint density at radius 1 is 0.962 bits per heavy atom. The summed E-state index contributed by atoms with van der Waals surface area (Å²) < 4.78 is 39.5. The molecule has 2 aromatic rings. The Morgan fingerprint density at radius 3 is 2.09 bits per heavy atom. The van der Waals surface area contributed by atoms with Crippen LogP contribution in [0.5, 0.6) is 0 Å². The molecule has 3 N–H and O–H groups in total. The number of amides is 4. The number of alkyl carbamates (subject to hydrolysis) is 1. The van der Waals surface area contributed by atoms with E-state index in [9.17, 15) is 27.6 Å². The average Bonchev–Trinajstić information content (AvgIpc) is 4.00. The molecule has 4 amide bonds. The lowest BCUT2D eigenvalue weighted by Crippen LogP contribution is -2.60. The first-order valence-electron chi connectivity index (χ1n) is 18.2. The number of hydrogen-bond donors (Lipinski definition) is 3. The van der Waals surface area contributed by atoms with E-state index in [0.717, 1.165) is 36.8 Å². The Morgan fingerprint density at radius 2 is 1.57 bits per heavy atom. The van der Waals surface area contributed by atoms with Crippen LogP contribution >= 0.6 is 11.6 Å². The number of rotatable bonds is 12. The highest BCUT2D eigenvalue weighted by Crippen LogP contribution is 2.47. The molecule has 1 saturated heterocycles. The standard InChI is InChI=1S/C39H49ClN4O8S/c1-6-26-21-39(26,35(47)43-53(49,50)30-19-20-30)42-33(45)31-22-38(51-5,27-15-11-24(12-16-27)25-13-17-28(40)18-14-25)23-44(31)34(46)32(37(2,3)4)41-36(48)52-29-9-7-8-10-29/h6,11-18,26,29-32H,1,7-10,19-23H2,2-5H3,(H,41,48)(H,42,45)(H,43,47)/t26-,31+,32-,38+,39-/m1/s1. The van der Waals surface area contributed by atoms with Crippen LogP contribution in [-0.2, 0) is 39.5 Å². The molecule has 0 unspecified atom stereocenters. The summed E-state index contributed by atoms with van der Waals surface area (Å²) >= 11 is 6.10. The lowest BCUT2D eigenvalue weighted by molar-refractivity contribution is -0.143. The molecule has 53 heavy (non-hydrogen) atoms. The van der Waals surface area contributed by atoms with Crippen molar-refractivity contribution in [3.63, 3.8) is 0 Å². The molecule has 3 aliphatic carbocycles. The van der Waals surface area contributed by atoms with E-state index in [2.05, 4.69) is 21.9 Å². The summed E-state index contributed by atoms with van der Waals surface area (Å²) in [5.41, 5.74) is -0.924. The van der Waals surface area contributed by atoms with Gasteiger partial charge in [-0.25, -0.2) is 13.2 Å². The predicted octanol–water partition coefficient (Wildman–Crippen LogP) is 5.20. The van der Waals surface area contributed by atoms with Gasteiger partial charge in [0.2, 0.25) is 21.8 Å². The Labute approximate surface area is 316 Å². The molecule has 0 aromatic heterocycles. The van der Waals surface area contributed by atoms with Crippen LogP contribution in [0.15, 0.2) is 61.2 Å². The molecule has 286 valence electrons. The maximum atomic E-state index is 14.7. The second-order valence-corrected chi connectivity index (χ2v) is 18.3. The molecule has 2 aromatic carbocycles. The minimum atomic E-state index is -3.90. The highest BCUT2D eigenvalue weighted by atomic mass is 35.5. The summed E-state index contributed by atoms with van der Waals surface area (Å²) in [6.07, 6.45) is 5.10. The number of halogens is 1. The molecule has 4 aliphatic rings. The lowest BCUT2D eigenvalue weighted by Gasteiger charge is -2.36. The fraction of sp³-hybridized carbons (Fsp3) is 0.538. The minimum Gasteiger partial charge on any atom is -0.446 e. The highest BCUT2D eigenvalue weighted by Gasteiger charge is 2.62. The largest absolute Gasteiger partial charge is 0.446 e. The van der Waals surface area contributed by atoms with Crippen molar-refractivity contribution in [1.29, 1.82) is 0 Å². The molecule has 12 nitrogen and oxygen atoms in total. The quantitative estimate of drug-likeness (QED) is 0.249. The van der Waals surface area contributed by atoms with Crippen molar-refractivity contribution < 1.29 is 37.1 Å². The summed E-state index contributed by atoms with van der Waals surface area (Å²) in [7, 11) is -2.39. The number of hydrogen-bond acceptors (Lipinski definition) is 8. The Bertz CT molecular complexity index is 1850. The van der Waals surface area contributed by atoms with Crippen molar-refractivity contribution >= 4 is 45.4 Å². The summed E-state index contributed by atoms with van der Waals surface area (Å²) in [6, 6.07) is 12.8. The number of methoxy groups -OCH3 is 1. The predicted molar refractivity (Wildman–Crippen MR) is 200 cm³/mol. The van der Waals surface area contributed by atoms with Gasteiger partial charge in [0.15, 0.2) is 0 Å². The number of benzene rings is 2. The molecular formula is C39H49ClN4O8S. The van der Waals surface area contributed by atoms with E-state index in [1.807, 2.05) is 57.2 Å². The molecule has 1 heterocycles. The van der Waals surface area contributed by atoms with Gasteiger partial charge >= 0.3 is 6.09 Å². The second-order valence-electron chi connectivity index (χ2n) is 15.9. The van der Waals surface area contributed by atoms with Crippen molar-refractivity contribution in [3.05, 3.63) is 71.8 Å². The zero-order valence-corrected chi connectivity index (χ0v) is 32.2. The number of nitrogens with one attached hydrogen (secondary N) is 3. The number of likely N-dealkylation sites (tertiary alicyclic amines) is 1. The Kier molecular flexibility index (Phi) is 10.8. The minimum absolute atomic E-state index is 0.0155. The normalized spacial score (nSPS) is 26.4. The van der Waals surface area contributed by atoms with Gasteiger partial charge < -0.3 is 25.0 Å². The summed E-state index contributed by atoms with van der Waals surface area (Å²) in [4.78, 5) is 57.3. The highest BCUT2D eigenvalue weighted by molar-refractivity contribution is 7.91. The molecule has 0 bridgehead atoms. The van der Waals surface area contributed by atoms with Gasteiger partial charge in [-0.15, -0.1) is 6.58 Å². The van der Waals surface area contributed by atoms with E-state index in [-0.39, 0.29) is 25.5 Å². The third kappa shape index (κ3) is 8.12. The first kappa shape index (κ1) is 38.8. The van der Waals surface area contributed by atoms with Crippen LogP contribution < -0.4 is 15.4 Å². The van der Waals surface area contributed by atoms with Crippen LogP contribution in [0.4, 0.5) is 4.79 Å². The second kappa shape index (κ2) is 14.7. The lowest BCUT2D eigenvalue weighted by atomic mass is 9.85. The van der Waals surface area contributed by atoms with Crippen molar-refractivity contribution in [2.75, 3.05) is 13.7 Å². The van der Waals surface area contributed by atoms with Gasteiger partial charge in [-0.3, -0.25) is 19.1 Å². The maximum Gasteiger partial charge on any atom is 0.408 e. The van der Waals surface area contributed by atoms with E-state index in [4.69, 9.17) is 21.1 Å². The van der Waals surface area contributed by atoms with Crippen LogP contribution in [0.3, 0.4) is 0 Å². The van der Waals surface area contributed by atoms with Gasteiger partial charge in [-0.05, 0) is 79.2 Å². The molecule has 4 fully saturated rings. The van der Waals surface area contributed by atoms with Crippen LogP contribution in [-0.4, -0.2) is 79.8 Å². The number of ether oxygens (including phenoxy) is 2. The number of carbonyl (C=O) groups is 4. The SMILES string of the molecule is C=C[C@@H]1C[C@]1(NC(=O)[C@@H]1C[C@@](OC)(c2ccc(-c3ccc(Cl)cc3)cc2)CN1C(=O)[C@@H](NC(=O)OC1CCCC1)C(C)(C)C)C(=O)NS(=O)(=O)C1CC1. The molecular weight excluding hydrogens is 720 g/mol. The van der Waals surface area contributed by atoms with Crippen molar-refractivity contribution in [2.45, 2.75) is 107 Å². The van der Waals surface area contributed by atoms with E-state index in [0.29, 0.717) is 23.4 Å². The number of nitrogens with zero attached hydrogens (tertiary/aromatic N) is 1. The first-order valence-corrected chi connectivity index (χ1v) is 20.1. The fourth-order valence-electron chi connectivity index (χ4n) is 7.56. The first-order chi connectivity index (χ1) is 25.0. The summed E-state index contributed by atoms with van der Waals surface area (Å²) in [6.45, 7) is 9.18. The maximum absolute atomic E-state index is 14.7. The number of carbonyl (C=O) groups excluding carboxylic acids is 4. The van der Waals surface area contributed by atoms with E-state index in [1.165, 1.54) is 18.1 Å². The van der Waals surface area contributed by atoms with Crippen molar-refractivity contribution in [3.8, 4) is 11.1 Å². The van der Waals surface area contributed by atoms with Crippen LogP contribution in [0.1, 0.15) is 77.7 Å². The summed E-state index contributed by atoms with van der Waals surface area (Å²) in [5, 5.41) is 5.61. The van der Waals surface area contributed by atoms with Crippen LogP contribution in [0, 0.1) is 11.3 Å². The summed E-state index contributed by atoms with van der Waals surface area (Å²) in [5.74, 6) is -2.53. The van der Waals surface area contributed by atoms with E-state index in [1.54, 1.807) is 12.1 Å². The third-order valence-corrected chi connectivity index (χ3v) is 13.2. The average molecular weight is 769 g/mol. The third-order valence-electron chi connectivity index (χ3n) is 11.1. The van der Waals surface area contributed by atoms with Crippen LogP contribution in [0.2, 0.25) is 5.02 Å². The molecule has 1 aliphatic heterocycles. The fourth-order valence-corrected chi connectivity index (χ4v) is 9.05. The van der Waals surface area contributed by atoms with Crippen molar-refractivity contribution in [2.24, 2.45) is 11.3 Å². The van der Waals surface area contributed by atoms with Gasteiger partial charge in [0.1, 0.15) is 29.3 Å². The van der Waals surface area contributed by atoms with Crippen LogP contribution in [0.25, 0.3) is 11.1 Å². The van der Waals surface area contributed by atoms with E-state index < -0.39 is 73.6 Å². The zero-order chi connectivity index (χ0) is 38.3. The molecule has 0 spiro atoms. The molecule has 6 rings (SSSR count). The molecule has 0 radical (unpaired) electrons. The van der Waals surface area contributed by atoms with Gasteiger partial charge in [-0.1, -0.05) is 74.8 Å². The monoisotopic (exact) mass is 768 g/mol. The van der Waals surface area contributed by atoms with E-state index >= 15 is 0 Å². The van der Waals surface area contributed by atoms with Gasteiger partial charge in [-0.2, -0.15) is 0 Å². The topological polar surface area (TPSA) is 160 Å². The molecule has 5 atom stereocenters. The van der Waals surface area contributed by atoms with Gasteiger partial charge in [0, 0.05) is 24.5 Å².